The lowest BCUT2D eigenvalue weighted by atomic mass is 9.85. The predicted molar refractivity (Wildman–Crippen MR) is 83.7 cm³/mol. The van der Waals surface area contributed by atoms with Crippen LogP contribution in [0.25, 0.3) is 0 Å². The van der Waals surface area contributed by atoms with E-state index in [-0.39, 0.29) is 0 Å². The Hall–Kier alpha value is -1.10. The first-order chi connectivity index (χ1) is 10.4. The number of benzene rings is 1. The fraction of sp³-hybridized carbons (Fsp3) is 0.647. The molecular formula is C17H26N2O2. The van der Waals surface area contributed by atoms with Crippen molar-refractivity contribution in [2.75, 3.05) is 46.5 Å². The molecule has 0 unspecified atom stereocenters. The van der Waals surface area contributed by atoms with E-state index in [2.05, 4.69) is 34.5 Å². The van der Waals surface area contributed by atoms with E-state index in [1.54, 1.807) is 7.11 Å². The molecule has 0 aliphatic carbocycles. The molecule has 4 nitrogen and oxygen atoms in total. The third-order valence-electron chi connectivity index (χ3n) is 4.71. The molecule has 3 rings (SSSR count). The SMILES string of the molecule is COc1ccc([C@H](C2CCOCC2)N2CCNCC2)cc1. The summed E-state index contributed by atoms with van der Waals surface area (Å²) in [5.41, 5.74) is 1.42. The van der Waals surface area contributed by atoms with Gasteiger partial charge in [-0.3, -0.25) is 4.90 Å². The Morgan fingerprint density at radius 1 is 1.14 bits per heavy atom. The summed E-state index contributed by atoms with van der Waals surface area (Å²) in [7, 11) is 1.72. The topological polar surface area (TPSA) is 33.7 Å². The van der Waals surface area contributed by atoms with Crippen molar-refractivity contribution in [1.29, 1.82) is 0 Å². The molecule has 0 amide bonds. The number of hydrogen-bond donors (Lipinski definition) is 1. The van der Waals surface area contributed by atoms with Gasteiger partial charge in [-0.2, -0.15) is 0 Å². The zero-order valence-corrected chi connectivity index (χ0v) is 12.9. The van der Waals surface area contributed by atoms with Crippen molar-refractivity contribution in [3.63, 3.8) is 0 Å². The second kappa shape index (κ2) is 7.25. The molecule has 2 aliphatic rings. The highest BCUT2D eigenvalue weighted by molar-refractivity contribution is 5.29. The molecule has 2 saturated heterocycles. The Morgan fingerprint density at radius 2 is 1.81 bits per heavy atom. The van der Waals surface area contributed by atoms with Gasteiger partial charge in [0, 0.05) is 45.4 Å². The molecule has 0 aromatic heterocycles. The number of hydrogen-bond acceptors (Lipinski definition) is 4. The number of nitrogens with zero attached hydrogens (tertiary/aromatic N) is 1. The van der Waals surface area contributed by atoms with Gasteiger partial charge in [0.05, 0.1) is 7.11 Å². The zero-order valence-electron chi connectivity index (χ0n) is 12.9. The molecule has 116 valence electrons. The zero-order chi connectivity index (χ0) is 14.5. The smallest absolute Gasteiger partial charge is 0.118 e. The fourth-order valence-corrected chi connectivity index (χ4v) is 3.57. The van der Waals surface area contributed by atoms with Gasteiger partial charge in [-0.1, -0.05) is 12.1 Å². The number of ether oxygens (including phenoxy) is 2. The van der Waals surface area contributed by atoms with Gasteiger partial charge in [0.1, 0.15) is 5.75 Å². The van der Waals surface area contributed by atoms with Crippen molar-refractivity contribution >= 4 is 0 Å². The minimum Gasteiger partial charge on any atom is -0.497 e. The standard InChI is InChI=1S/C17H26N2O2/c1-20-16-4-2-14(3-5-16)17(15-6-12-21-13-7-15)19-10-8-18-9-11-19/h2-5,15,17-18H,6-13H2,1H3/t17-/m1/s1. The summed E-state index contributed by atoms with van der Waals surface area (Å²) in [6.07, 6.45) is 2.33. The molecular weight excluding hydrogens is 264 g/mol. The molecule has 0 radical (unpaired) electrons. The van der Waals surface area contributed by atoms with Crippen LogP contribution in [-0.4, -0.2) is 51.4 Å². The third-order valence-corrected chi connectivity index (χ3v) is 4.71. The van der Waals surface area contributed by atoms with Crippen LogP contribution in [0, 0.1) is 5.92 Å². The number of piperazine rings is 1. The molecule has 21 heavy (non-hydrogen) atoms. The molecule has 4 heteroatoms. The molecule has 1 N–H and O–H groups in total. The summed E-state index contributed by atoms with van der Waals surface area (Å²) in [6, 6.07) is 9.16. The Bertz CT molecular complexity index is 405. The second-order valence-electron chi connectivity index (χ2n) is 5.95. The van der Waals surface area contributed by atoms with Crippen molar-refractivity contribution in [1.82, 2.24) is 10.2 Å². The van der Waals surface area contributed by atoms with Crippen LogP contribution in [-0.2, 0) is 4.74 Å². The molecule has 2 aliphatic heterocycles. The highest BCUT2D eigenvalue weighted by atomic mass is 16.5. The first kappa shape index (κ1) is 14.8. The van der Waals surface area contributed by atoms with Crippen LogP contribution in [0.3, 0.4) is 0 Å². The second-order valence-corrected chi connectivity index (χ2v) is 5.95. The molecule has 0 saturated carbocycles. The van der Waals surface area contributed by atoms with Gasteiger partial charge in [-0.15, -0.1) is 0 Å². The Kier molecular flexibility index (Phi) is 5.12. The summed E-state index contributed by atoms with van der Waals surface area (Å²) in [5, 5.41) is 3.46. The largest absolute Gasteiger partial charge is 0.497 e. The number of nitrogens with one attached hydrogen (secondary N) is 1. The molecule has 0 spiro atoms. The van der Waals surface area contributed by atoms with Crippen LogP contribution in [0.1, 0.15) is 24.4 Å². The quantitative estimate of drug-likeness (QED) is 0.920. The normalized spacial score (nSPS) is 22.9. The summed E-state index contributed by atoms with van der Waals surface area (Å²) in [5.74, 6) is 1.63. The van der Waals surface area contributed by atoms with Crippen LogP contribution in [0.4, 0.5) is 0 Å². The minimum absolute atomic E-state index is 0.516. The Morgan fingerprint density at radius 3 is 2.43 bits per heavy atom. The van der Waals surface area contributed by atoms with Crippen molar-refractivity contribution in [3.8, 4) is 5.75 Å². The molecule has 1 atom stereocenters. The van der Waals surface area contributed by atoms with Crippen LogP contribution in [0.5, 0.6) is 5.75 Å². The van der Waals surface area contributed by atoms with Crippen LogP contribution < -0.4 is 10.1 Å². The predicted octanol–water partition coefficient (Wildman–Crippen LogP) is 2.07. The highest BCUT2D eigenvalue weighted by Gasteiger charge is 2.31. The lowest BCUT2D eigenvalue weighted by Crippen LogP contribution is -2.47. The van der Waals surface area contributed by atoms with E-state index in [9.17, 15) is 0 Å². The van der Waals surface area contributed by atoms with Crippen molar-refractivity contribution < 1.29 is 9.47 Å². The monoisotopic (exact) mass is 290 g/mol. The van der Waals surface area contributed by atoms with Crippen LogP contribution in [0.2, 0.25) is 0 Å². The first-order valence-electron chi connectivity index (χ1n) is 8.05. The van der Waals surface area contributed by atoms with Crippen LogP contribution in [0.15, 0.2) is 24.3 Å². The molecule has 0 bridgehead atoms. The summed E-state index contributed by atoms with van der Waals surface area (Å²) < 4.78 is 10.9. The molecule has 1 aromatic rings. The lowest BCUT2D eigenvalue weighted by molar-refractivity contribution is 0.0213. The summed E-state index contributed by atoms with van der Waals surface area (Å²) in [6.45, 7) is 6.26. The molecule has 1 aromatic carbocycles. The maximum atomic E-state index is 5.56. The fourth-order valence-electron chi connectivity index (χ4n) is 3.57. The van der Waals surface area contributed by atoms with E-state index in [4.69, 9.17) is 9.47 Å². The van der Waals surface area contributed by atoms with Crippen LogP contribution >= 0.6 is 0 Å². The van der Waals surface area contributed by atoms with E-state index in [0.29, 0.717) is 12.0 Å². The van der Waals surface area contributed by atoms with E-state index < -0.39 is 0 Å². The average Bonchev–Trinajstić information content (AvgIpc) is 2.58. The van der Waals surface area contributed by atoms with Gasteiger partial charge in [-0.25, -0.2) is 0 Å². The van der Waals surface area contributed by atoms with Gasteiger partial charge in [0.15, 0.2) is 0 Å². The minimum atomic E-state index is 0.516. The van der Waals surface area contributed by atoms with Crippen molar-refractivity contribution in [2.24, 2.45) is 5.92 Å². The highest BCUT2D eigenvalue weighted by Crippen LogP contribution is 2.35. The van der Waals surface area contributed by atoms with Gasteiger partial charge in [-0.05, 0) is 36.5 Å². The Labute approximate surface area is 127 Å². The average molecular weight is 290 g/mol. The van der Waals surface area contributed by atoms with E-state index in [0.717, 1.165) is 45.1 Å². The van der Waals surface area contributed by atoms with Gasteiger partial charge < -0.3 is 14.8 Å². The van der Waals surface area contributed by atoms with E-state index in [1.165, 1.54) is 18.4 Å². The molecule has 2 fully saturated rings. The van der Waals surface area contributed by atoms with Crippen molar-refractivity contribution in [3.05, 3.63) is 29.8 Å². The Balaban J connectivity index is 1.82. The maximum Gasteiger partial charge on any atom is 0.118 e. The number of methoxy groups -OCH3 is 1. The third kappa shape index (κ3) is 3.57. The maximum absolute atomic E-state index is 5.56. The van der Waals surface area contributed by atoms with Crippen molar-refractivity contribution in [2.45, 2.75) is 18.9 Å². The first-order valence-corrected chi connectivity index (χ1v) is 8.05. The molecule has 2 heterocycles. The lowest BCUT2D eigenvalue weighted by Gasteiger charge is -2.41. The summed E-state index contributed by atoms with van der Waals surface area (Å²) >= 11 is 0. The van der Waals surface area contributed by atoms with E-state index >= 15 is 0 Å². The number of rotatable bonds is 4. The summed E-state index contributed by atoms with van der Waals surface area (Å²) in [4.78, 5) is 2.65. The van der Waals surface area contributed by atoms with Gasteiger partial charge >= 0.3 is 0 Å². The van der Waals surface area contributed by atoms with Gasteiger partial charge in [0.25, 0.3) is 0 Å². The van der Waals surface area contributed by atoms with E-state index in [1.807, 2.05) is 0 Å². The van der Waals surface area contributed by atoms with Gasteiger partial charge in [0.2, 0.25) is 0 Å².